The second-order valence-electron chi connectivity index (χ2n) is 4.10. The number of nitrogens with one attached hydrogen (secondary N) is 1. The average molecular weight is 275 g/mol. The third-order valence-electron chi connectivity index (χ3n) is 2.71. The second kappa shape index (κ2) is 6.14. The summed E-state index contributed by atoms with van der Waals surface area (Å²) in [6, 6.07) is 0. The first-order valence-corrected chi connectivity index (χ1v) is 6.45. The van der Waals surface area contributed by atoms with Crippen LogP contribution in [-0.4, -0.2) is 38.9 Å². The number of ether oxygens (including phenoxy) is 1. The van der Waals surface area contributed by atoms with E-state index in [2.05, 4.69) is 20.4 Å². The van der Waals surface area contributed by atoms with Gasteiger partial charge in [-0.2, -0.15) is 5.10 Å². The molecule has 0 saturated heterocycles. The van der Waals surface area contributed by atoms with E-state index in [-0.39, 0.29) is 0 Å². The number of nitrogens with zero attached hydrogens (tertiary/aromatic N) is 4. The lowest BCUT2D eigenvalue weighted by Crippen LogP contribution is -2.08. The van der Waals surface area contributed by atoms with Crippen LogP contribution in [0.25, 0.3) is 5.82 Å². The van der Waals surface area contributed by atoms with Gasteiger partial charge in [-0.15, -0.1) is 0 Å². The van der Waals surface area contributed by atoms with Crippen LogP contribution in [0.3, 0.4) is 0 Å². The number of rotatable bonds is 5. The minimum absolute atomic E-state index is 0.334. The van der Waals surface area contributed by atoms with Crippen LogP contribution in [-0.2, 0) is 4.74 Å². The fraction of sp³-hybridized carbons (Fsp3) is 0.385. The number of esters is 1. The Hall–Kier alpha value is -2.44. The molecule has 0 aliphatic carbocycles. The van der Waals surface area contributed by atoms with Crippen molar-refractivity contribution in [2.75, 3.05) is 18.5 Å². The van der Waals surface area contributed by atoms with Crippen molar-refractivity contribution < 1.29 is 9.53 Å². The SMILES string of the molecule is CCNc1ncnc(-n2cc(C(=O)OCC)cn2)c1C. The van der Waals surface area contributed by atoms with Gasteiger partial charge in [0.25, 0.3) is 0 Å². The Morgan fingerprint density at radius 2 is 2.20 bits per heavy atom. The molecular weight excluding hydrogens is 258 g/mol. The van der Waals surface area contributed by atoms with Crippen molar-refractivity contribution >= 4 is 11.8 Å². The number of anilines is 1. The minimum Gasteiger partial charge on any atom is -0.462 e. The summed E-state index contributed by atoms with van der Waals surface area (Å²) in [5, 5.41) is 7.30. The lowest BCUT2D eigenvalue weighted by molar-refractivity contribution is 0.0526. The fourth-order valence-corrected chi connectivity index (χ4v) is 1.78. The van der Waals surface area contributed by atoms with Crippen LogP contribution < -0.4 is 5.32 Å². The fourth-order valence-electron chi connectivity index (χ4n) is 1.78. The van der Waals surface area contributed by atoms with Gasteiger partial charge < -0.3 is 10.1 Å². The third-order valence-corrected chi connectivity index (χ3v) is 2.71. The topological polar surface area (TPSA) is 81.9 Å². The summed E-state index contributed by atoms with van der Waals surface area (Å²) in [7, 11) is 0. The molecule has 0 bridgehead atoms. The first-order valence-electron chi connectivity index (χ1n) is 6.45. The zero-order valence-corrected chi connectivity index (χ0v) is 11.8. The molecule has 0 radical (unpaired) electrons. The quantitative estimate of drug-likeness (QED) is 0.834. The van der Waals surface area contributed by atoms with Crippen LogP contribution >= 0.6 is 0 Å². The van der Waals surface area contributed by atoms with Crippen LogP contribution in [0, 0.1) is 6.92 Å². The molecule has 0 aliphatic heterocycles. The van der Waals surface area contributed by atoms with Crippen molar-refractivity contribution in [1.82, 2.24) is 19.7 Å². The summed E-state index contributed by atoms with van der Waals surface area (Å²) >= 11 is 0. The van der Waals surface area contributed by atoms with Gasteiger partial charge in [-0.1, -0.05) is 0 Å². The molecule has 7 heteroatoms. The van der Waals surface area contributed by atoms with E-state index in [1.807, 2.05) is 13.8 Å². The Morgan fingerprint density at radius 1 is 1.40 bits per heavy atom. The largest absolute Gasteiger partial charge is 0.462 e. The van der Waals surface area contributed by atoms with E-state index >= 15 is 0 Å². The molecule has 2 heterocycles. The third kappa shape index (κ3) is 2.76. The van der Waals surface area contributed by atoms with Gasteiger partial charge in [-0.25, -0.2) is 19.4 Å². The van der Waals surface area contributed by atoms with Gasteiger partial charge in [0.1, 0.15) is 12.1 Å². The van der Waals surface area contributed by atoms with Crippen LogP contribution in [0.1, 0.15) is 29.8 Å². The summed E-state index contributed by atoms with van der Waals surface area (Å²) in [5.74, 6) is 0.995. The molecule has 0 unspecified atom stereocenters. The van der Waals surface area contributed by atoms with Gasteiger partial charge in [-0.05, 0) is 20.8 Å². The van der Waals surface area contributed by atoms with E-state index < -0.39 is 5.97 Å². The first kappa shape index (κ1) is 14.0. The molecule has 0 aromatic carbocycles. The highest BCUT2D eigenvalue weighted by molar-refractivity contribution is 5.88. The maximum absolute atomic E-state index is 11.6. The maximum Gasteiger partial charge on any atom is 0.341 e. The van der Waals surface area contributed by atoms with Gasteiger partial charge >= 0.3 is 5.97 Å². The Kier molecular flexibility index (Phi) is 4.29. The molecule has 106 valence electrons. The Balaban J connectivity index is 2.33. The molecule has 0 amide bonds. The van der Waals surface area contributed by atoms with Crippen molar-refractivity contribution in [2.24, 2.45) is 0 Å². The molecule has 0 spiro atoms. The predicted octanol–water partition coefficient (Wildman–Crippen LogP) is 1.58. The summed E-state index contributed by atoms with van der Waals surface area (Å²) < 4.78 is 6.48. The molecular formula is C13H17N5O2. The number of hydrogen-bond acceptors (Lipinski definition) is 6. The van der Waals surface area contributed by atoms with Crippen LogP contribution in [0.4, 0.5) is 5.82 Å². The van der Waals surface area contributed by atoms with Crippen LogP contribution in [0.5, 0.6) is 0 Å². The zero-order valence-electron chi connectivity index (χ0n) is 11.8. The first-order chi connectivity index (χ1) is 9.67. The highest BCUT2D eigenvalue weighted by atomic mass is 16.5. The van der Waals surface area contributed by atoms with Gasteiger partial charge in [0.05, 0.1) is 18.4 Å². The van der Waals surface area contributed by atoms with Crippen molar-refractivity contribution in [2.45, 2.75) is 20.8 Å². The zero-order chi connectivity index (χ0) is 14.5. The Bertz CT molecular complexity index is 609. The monoisotopic (exact) mass is 275 g/mol. The highest BCUT2D eigenvalue weighted by Crippen LogP contribution is 2.17. The van der Waals surface area contributed by atoms with E-state index in [0.29, 0.717) is 18.0 Å². The number of aromatic nitrogens is 4. The van der Waals surface area contributed by atoms with E-state index in [4.69, 9.17) is 4.74 Å². The van der Waals surface area contributed by atoms with Gasteiger partial charge in [-0.3, -0.25) is 0 Å². The Labute approximate surface area is 117 Å². The maximum atomic E-state index is 11.6. The van der Waals surface area contributed by atoms with Crippen LogP contribution in [0.15, 0.2) is 18.7 Å². The summed E-state index contributed by atoms with van der Waals surface area (Å²) in [6.45, 7) is 6.76. The minimum atomic E-state index is -0.391. The molecule has 0 saturated carbocycles. The second-order valence-corrected chi connectivity index (χ2v) is 4.10. The van der Waals surface area contributed by atoms with Crippen molar-refractivity contribution in [3.63, 3.8) is 0 Å². The molecule has 7 nitrogen and oxygen atoms in total. The molecule has 20 heavy (non-hydrogen) atoms. The lowest BCUT2D eigenvalue weighted by Gasteiger charge is -2.09. The van der Waals surface area contributed by atoms with Gasteiger partial charge in [0.2, 0.25) is 0 Å². The Morgan fingerprint density at radius 3 is 2.90 bits per heavy atom. The van der Waals surface area contributed by atoms with Crippen molar-refractivity contribution in [3.05, 3.63) is 29.8 Å². The van der Waals surface area contributed by atoms with E-state index in [0.717, 1.165) is 17.9 Å². The molecule has 1 N–H and O–H groups in total. The number of carbonyl (C=O) groups excluding carboxylic acids is 1. The van der Waals surface area contributed by atoms with E-state index in [1.54, 1.807) is 17.8 Å². The summed E-state index contributed by atoms with van der Waals surface area (Å²) in [4.78, 5) is 20.0. The average Bonchev–Trinajstić information content (AvgIpc) is 2.91. The molecule has 0 aliphatic rings. The van der Waals surface area contributed by atoms with Crippen molar-refractivity contribution in [1.29, 1.82) is 0 Å². The van der Waals surface area contributed by atoms with Gasteiger partial charge in [0.15, 0.2) is 5.82 Å². The number of hydrogen-bond donors (Lipinski definition) is 1. The summed E-state index contributed by atoms with van der Waals surface area (Å²) in [5.41, 5.74) is 1.27. The van der Waals surface area contributed by atoms with E-state index in [1.165, 1.54) is 12.5 Å². The highest BCUT2D eigenvalue weighted by Gasteiger charge is 2.13. The lowest BCUT2D eigenvalue weighted by atomic mass is 10.3. The smallest absolute Gasteiger partial charge is 0.341 e. The van der Waals surface area contributed by atoms with Crippen molar-refractivity contribution in [3.8, 4) is 5.82 Å². The molecule has 2 aromatic heterocycles. The van der Waals surface area contributed by atoms with E-state index in [9.17, 15) is 4.79 Å². The predicted molar refractivity (Wildman–Crippen MR) is 74.0 cm³/mol. The molecule has 0 atom stereocenters. The number of carbonyl (C=O) groups is 1. The molecule has 2 rings (SSSR count). The standard InChI is InChI=1S/C13H17N5O2/c1-4-14-11-9(3)12(16-8-15-11)18-7-10(6-17-18)13(19)20-5-2/h6-8H,4-5H2,1-3H3,(H,14,15,16). The van der Waals surface area contributed by atoms with Gasteiger partial charge in [0, 0.05) is 18.3 Å². The van der Waals surface area contributed by atoms with Crippen LogP contribution in [0.2, 0.25) is 0 Å². The summed E-state index contributed by atoms with van der Waals surface area (Å²) in [6.07, 6.45) is 4.53. The molecule has 2 aromatic rings. The molecule has 0 fully saturated rings. The normalized spacial score (nSPS) is 10.3.